The molecule has 140 valence electrons. The average molecular weight is 365 g/mol. The van der Waals surface area contributed by atoms with Gasteiger partial charge >= 0.3 is 0 Å². The second-order valence-electron chi connectivity index (χ2n) is 6.55. The Morgan fingerprint density at radius 2 is 1.74 bits per heavy atom. The Morgan fingerprint density at radius 1 is 1.07 bits per heavy atom. The van der Waals surface area contributed by atoms with Gasteiger partial charge in [-0.05, 0) is 61.7 Å². The number of H-pyrrole nitrogens is 1. The minimum atomic E-state index is -0.333. The lowest BCUT2D eigenvalue weighted by Gasteiger charge is -2.02. The molecule has 0 aliphatic rings. The van der Waals surface area contributed by atoms with Gasteiger partial charge in [-0.15, -0.1) is 0 Å². The Bertz CT molecular complexity index is 996. The SMILES string of the molecule is CCCc1[nH]n(-c2ccc(F)cc2)c(=O)c1C(C)=Nc1ccc(CC)cc1. The van der Waals surface area contributed by atoms with Crippen LogP contribution < -0.4 is 5.56 Å². The lowest BCUT2D eigenvalue weighted by Crippen LogP contribution is -2.19. The number of aromatic nitrogens is 2. The Kier molecular flexibility index (Phi) is 5.69. The smallest absolute Gasteiger partial charge is 0.280 e. The zero-order valence-electron chi connectivity index (χ0n) is 15.9. The molecule has 0 radical (unpaired) electrons. The summed E-state index contributed by atoms with van der Waals surface area (Å²) >= 11 is 0. The van der Waals surface area contributed by atoms with Crippen molar-refractivity contribution >= 4 is 11.4 Å². The zero-order valence-corrected chi connectivity index (χ0v) is 15.9. The molecule has 0 amide bonds. The summed E-state index contributed by atoms with van der Waals surface area (Å²) in [6.07, 6.45) is 2.61. The molecule has 5 heteroatoms. The van der Waals surface area contributed by atoms with E-state index in [4.69, 9.17) is 0 Å². The number of aromatic amines is 1. The van der Waals surface area contributed by atoms with E-state index in [-0.39, 0.29) is 11.4 Å². The molecule has 3 aromatic rings. The van der Waals surface area contributed by atoms with E-state index >= 15 is 0 Å². The maximum Gasteiger partial charge on any atom is 0.280 e. The van der Waals surface area contributed by atoms with E-state index in [1.165, 1.54) is 22.4 Å². The Hall–Kier alpha value is -2.95. The van der Waals surface area contributed by atoms with Gasteiger partial charge in [0.1, 0.15) is 5.82 Å². The fourth-order valence-corrected chi connectivity index (χ4v) is 3.11. The molecule has 27 heavy (non-hydrogen) atoms. The van der Waals surface area contributed by atoms with Crippen molar-refractivity contribution in [2.45, 2.75) is 40.0 Å². The van der Waals surface area contributed by atoms with Crippen LogP contribution in [-0.4, -0.2) is 15.5 Å². The molecule has 0 fully saturated rings. The van der Waals surface area contributed by atoms with E-state index < -0.39 is 0 Å². The highest BCUT2D eigenvalue weighted by Crippen LogP contribution is 2.17. The van der Waals surface area contributed by atoms with Gasteiger partial charge in [0.25, 0.3) is 5.56 Å². The molecule has 0 aliphatic carbocycles. The highest BCUT2D eigenvalue weighted by atomic mass is 19.1. The molecule has 1 heterocycles. The number of aryl methyl sites for hydroxylation is 2. The van der Waals surface area contributed by atoms with Crippen LogP contribution in [0.1, 0.15) is 44.0 Å². The van der Waals surface area contributed by atoms with Crippen molar-refractivity contribution in [3.05, 3.63) is 81.5 Å². The number of halogens is 1. The molecule has 0 saturated heterocycles. The van der Waals surface area contributed by atoms with Crippen LogP contribution in [0.3, 0.4) is 0 Å². The van der Waals surface area contributed by atoms with Gasteiger partial charge in [-0.3, -0.25) is 14.9 Å². The van der Waals surface area contributed by atoms with E-state index in [0.717, 1.165) is 30.6 Å². The molecule has 3 rings (SSSR count). The minimum absolute atomic E-state index is 0.170. The maximum atomic E-state index is 13.2. The van der Waals surface area contributed by atoms with Crippen LogP contribution in [0.25, 0.3) is 5.69 Å². The van der Waals surface area contributed by atoms with E-state index in [0.29, 0.717) is 17.0 Å². The standard InChI is InChI=1S/C22H24FN3O/c1-4-6-20-21(15(3)24-18-11-7-16(5-2)8-12-18)22(27)26(25-20)19-13-9-17(23)10-14-19/h7-14,25H,4-6H2,1-3H3. The first-order valence-corrected chi connectivity index (χ1v) is 9.28. The summed E-state index contributed by atoms with van der Waals surface area (Å²) in [5.41, 5.74) is 4.60. The van der Waals surface area contributed by atoms with Gasteiger partial charge in [-0.25, -0.2) is 9.07 Å². The first-order valence-electron chi connectivity index (χ1n) is 9.28. The highest BCUT2D eigenvalue weighted by molar-refractivity contribution is 6.01. The van der Waals surface area contributed by atoms with Gasteiger partial charge in [-0.1, -0.05) is 32.4 Å². The molecule has 0 unspecified atom stereocenters. The van der Waals surface area contributed by atoms with Gasteiger partial charge in [-0.2, -0.15) is 0 Å². The van der Waals surface area contributed by atoms with Crippen LogP contribution in [0.15, 0.2) is 58.3 Å². The van der Waals surface area contributed by atoms with Gasteiger partial charge in [0, 0.05) is 5.69 Å². The van der Waals surface area contributed by atoms with E-state index in [1.807, 2.05) is 31.2 Å². The molecule has 0 atom stereocenters. The highest BCUT2D eigenvalue weighted by Gasteiger charge is 2.17. The minimum Gasteiger partial charge on any atom is -0.294 e. The summed E-state index contributed by atoms with van der Waals surface area (Å²) in [4.78, 5) is 17.7. The summed E-state index contributed by atoms with van der Waals surface area (Å²) in [5, 5.41) is 3.17. The van der Waals surface area contributed by atoms with Gasteiger partial charge in [0.05, 0.1) is 22.6 Å². The fourth-order valence-electron chi connectivity index (χ4n) is 3.11. The van der Waals surface area contributed by atoms with Crippen LogP contribution in [0, 0.1) is 5.82 Å². The summed E-state index contributed by atoms with van der Waals surface area (Å²) in [6.45, 7) is 6.03. The lowest BCUT2D eigenvalue weighted by atomic mass is 10.1. The maximum absolute atomic E-state index is 13.2. The Labute approximate surface area is 158 Å². The van der Waals surface area contributed by atoms with Gasteiger partial charge in [0.2, 0.25) is 0 Å². The summed E-state index contributed by atoms with van der Waals surface area (Å²) in [5.74, 6) is -0.333. The summed E-state index contributed by atoms with van der Waals surface area (Å²) in [6, 6.07) is 13.9. The van der Waals surface area contributed by atoms with Crippen molar-refractivity contribution in [1.29, 1.82) is 0 Å². The monoisotopic (exact) mass is 365 g/mol. The number of nitrogens with zero attached hydrogens (tertiary/aromatic N) is 2. The van der Waals surface area contributed by atoms with Crippen molar-refractivity contribution in [1.82, 2.24) is 9.78 Å². The van der Waals surface area contributed by atoms with Crippen LogP contribution in [0.4, 0.5) is 10.1 Å². The second kappa shape index (κ2) is 8.16. The third-order valence-corrected chi connectivity index (χ3v) is 4.55. The molecular formula is C22H24FN3O. The van der Waals surface area contributed by atoms with Crippen molar-refractivity contribution < 1.29 is 4.39 Å². The first kappa shape index (κ1) is 18.8. The van der Waals surface area contributed by atoms with Crippen molar-refractivity contribution in [2.75, 3.05) is 0 Å². The summed E-state index contributed by atoms with van der Waals surface area (Å²) < 4.78 is 14.7. The normalized spacial score (nSPS) is 11.8. The van der Waals surface area contributed by atoms with Crippen molar-refractivity contribution in [3.63, 3.8) is 0 Å². The Morgan fingerprint density at radius 3 is 2.33 bits per heavy atom. The number of aliphatic imine (C=N–C) groups is 1. The number of hydrogen-bond donors (Lipinski definition) is 1. The third-order valence-electron chi connectivity index (χ3n) is 4.55. The van der Waals surface area contributed by atoms with E-state index in [2.05, 4.69) is 23.9 Å². The van der Waals surface area contributed by atoms with Crippen LogP contribution in [-0.2, 0) is 12.8 Å². The number of benzene rings is 2. The van der Waals surface area contributed by atoms with Gasteiger partial charge < -0.3 is 0 Å². The van der Waals surface area contributed by atoms with E-state index in [9.17, 15) is 9.18 Å². The molecular weight excluding hydrogens is 341 g/mol. The predicted octanol–water partition coefficient (Wildman–Crippen LogP) is 4.96. The molecule has 0 aliphatic heterocycles. The fraction of sp³-hybridized carbons (Fsp3) is 0.273. The van der Waals surface area contributed by atoms with Crippen LogP contribution in [0.2, 0.25) is 0 Å². The van der Waals surface area contributed by atoms with Crippen molar-refractivity contribution in [2.24, 2.45) is 4.99 Å². The molecule has 1 aromatic heterocycles. The largest absolute Gasteiger partial charge is 0.294 e. The van der Waals surface area contributed by atoms with Crippen molar-refractivity contribution in [3.8, 4) is 5.69 Å². The molecule has 0 saturated carbocycles. The number of rotatable bonds is 6. The lowest BCUT2D eigenvalue weighted by molar-refractivity contribution is 0.626. The Balaban J connectivity index is 2.05. The van der Waals surface area contributed by atoms with E-state index in [1.54, 1.807) is 12.1 Å². The number of nitrogens with one attached hydrogen (secondary N) is 1. The summed E-state index contributed by atoms with van der Waals surface area (Å²) in [7, 11) is 0. The van der Waals surface area contributed by atoms with Gasteiger partial charge in [0.15, 0.2) is 0 Å². The quantitative estimate of drug-likeness (QED) is 0.617. The average Bonchev–Trinajstić information content (AvgIpc) is 2.99. The first-order chi connectivity index (χ1) is 13.0. The molecule has 1 N–H and O–H groups in total. The molecule has 2 aromatic carbocycles. The number of hydrogen-bond acceptors (Lipinski definition) is 2. The second-order valence-corrected chi connectivity index (χ2v) is 6.55. The molecule has 0 spiro atoms. The van der Waals surface area contributed by atoms with Crippen LogP contribution >= 0.6 is 0 Å². The zero-order chi connectivity index (χ0) is 19.4. The van der Waals surface area contributed by atoms with Crippen LogP contribution in [0.5, 0.6) is 0 Å². The topological polar surface area (TPSA) is 50.1 Å². The molecule has 0 bridgehead atoms. The third kappa shape index (κ3) is 4.08. The predicted molar refractivity (Wildman–Crippen MR) is 108 cm³/mol. The molecule has 4 nitrogen and oxygen atoms in total.